The minimum absolute atomic E-state index is 0.386. The fourth-order valence-electron chi connectivity index (χ4n) is 1.49. The van der Waals surface area contributed by atoms with Crippen LogP contribution in [-0.2, 0) is 4.79 Å². The Morgan fingerprint density at radius 2 is 1.68 bits per heavy atom. The normalized spacial score (nSPS) is 10.6. The van der Waals surface area contributed by atoms with Crippen molar-refractivity contribution in [2.24, 2.45) is 0 Å². The Labute approximate surface area is 120 Å². The lowest BCUT2D eigenvalue weighted by atomic mass is 10.1. The molecule has 0 aromatic heterocycles. The summed E-state index contributed by atoms with van der Waals surface area (Å²) in [5.41, 5.74) is 2.16. The summed E-state index contributed by atoms with van der Waals surface area (Å²) >= 11 is 3.32. The van der Waals surface area contributed by atoms with Gasteiger partial charge in [0, 0.05) is 10.5 Å². The number of carbonyl (C=O) groups is 1. The number of benzene rings is 2. The average Bonchev–Trinajstić information content (AvgIpc) is 2.41. The molecule has 2 nitrogen and oxygen atoms in total. The van der Waals surface area contributed by atoms with E-state index >= 15 is 0 Å². The zero-order chi connectivity index (χ0) is 13.7. The lowest BCUT2D eigenvalue weighted by Crippen LogP contribution is -2.03. The first-order chi connectivity index (χ1) is 9.13. The smallest absolute Gasteiger partial charge is 0.336 e. The molecule has 0 heterocycles. The highest BCUT2D eigenvalue weighted by Crippen LogP contribution is 2.16. The van der Waals surface area contributed by atoms with Crippen molar-refractivity contribution in [1.29, 1.82) is 0 Å². The molecule has 0 N–H and O–H groups in total. The molecule has 0 aliphatic heterocycles. The van der Waals surface area contributed by atoms with Gasteiger partial charge in [0.2, 0.25) is 0 Å². The van der Waals surface area contributed by atoms with E-state index in [-0.39, 0.29) is 5.97 Å². The summed E-state index contributed by atoms with van der Waals surface area (Å²) in [5.74, 6) is 0.143. The van der Waals surface area contributed by atoms with Gasteiger partial charge in [0.25, 0.3) is 0 Å². The molecule has 3 heteroatoms. The molecule has 0 aliphatic carbocycles. The molecule has 0 saturated carbocycles. The van der Waals surface area contributed by atoms with Crippen molar-refractivity contribution in [3.05, 3.63) is 70.2 Å². The van der Waals surface area contributed by atoms with Gasteiger partial charge in [0.15, 0.2) is 0 Å². The van der Waals surface area contributed by atoms with E-state index in [4.69, 9.17) is 4.74 Å². The zero-order valence-corrected chi connectivity index (χ0v) is 12.1. The van der Waals surface area contributed by atoms with Crippen LogP contribution in [0.3, 0.4) is 0 Å². The maximum Gasteiger partial charge on any atom is 0.336 e. The molecule has 0 radical (unpaired) electrons. The second kappa shape index (κ2) is 6.34. The van der Waals surface area contributed by atoms with E-state index in [1.165, 1.54) is 11.6 Å². The molecule has 2 rings (SSSR count). The number of halogens is 1. The summed E-state index contributed by atoms with van der Waals surface area (Å²) in [6.07, 6.45) is 3.16. The van der Waals surface area contributed by atoms with Crippen LogP contribution in [-0.4, -0.2) is 5.97 Å². The molecule has 0 bridgehead atoms. The molecule has 0 spiro atoms. The third kappa shape index (κ3) is 4.38. The van der Waals surface area contributed by atoms with Crippen LogP contribution in [0, 0.1) is 6.92 Å². The predicted molar refractivity (Wildman–Crippen MR) is 80.0 cm³/mol. The van der Waals surface area contributed by atoms with Gasteiger partial charge in [-0.3, -0.25) is 0 Å². The van der Waals surface area contributed by atoms with Gasteiger partial charge in [0.05, 0.1) is 0 Å². The highest BCUT2D eigenvalue weighted by molar-refractivity contribution is 9.10. The first-order valence-corrected chi connectivity index (χ1v) is 6.65. The van der Waals surface area contributed by atoms with E-state index in [2.05, 4.69) is 15.9 Å². The van der Waals surface area contributed by atoms with Crippen LogP contribution in [0.15, 0.2) is 59.1 Å². The quantitative estimate of drug-likeness (QED) is 0.477. The second-order valence-corrected chi connectivity index (χ2v) is 5.03. The molecule has 2 aromatic rings. The summed E-state index contributed by atoms with van der Waals surface area (Å²) in [4.78, 5) is 11.6. The largest absolute Gasteiger partial charge is 0.423 e. The van der Waals surface area contributed by atoms with Crippen molar-refractivity contribution >= 4 is 28.0 Å². The number of aryl methyl sites for hydroxylation is 1. The van der Waals surface area contributed by atoms with Gasteiger partial charge in [-0.2, -0.15) is 0 Å². The minimum atomic E-state index is -0.386. The van der Waals surface area contributed by atoms with Gasteiger partial charge in [-0.25, -0.2) is 4.79 Å². The molecule has 96 valence electrons. The van der Waals surface area contributed by atoms with E-state index in [1.807, 2.05) is 43.3 Å². The van der Waals surface area contributed by atoms with Crippen LogP contribution >= 0.6 is 15.9 Å². The first-order valence-electron chi connectivity index (χ1n) is 5.85. The van der Waals surface area contributed by atoms with Crippen LogP contribution in [0.1, 0.15) is 11.1 Å². The van der Waals surface area contributed by atoms with Crippen molar-refractivity contribution in [2.45, 2.75) is 6.92 Å². The Morgan fingerprint density at radius 1 is 1.05 bits per heavy atom. The van der Waals surface area contributed by atoms with Crippen LogP contribution in [0.2, 0.25) is 0 Å². The second-order valence-electron chi connectivity index (χ2n) is 4.12. The first kappa shape index (κ1) is 13.6. The molecule has 0 aliphatic rings. The summed E-state index contributed by atoms with van der Waals surface area (Å²) in [7, 11) is 0. The van der Waals surface area contributed by atoms with Crippen molar-refractivity contribution in [3.63, 3.8) is 0 Å². The number of hydrogen-bond acceptors (Lipinski definition) is 2. The third-order valence-electron chi connectivity index (χ3n) is 2.52. The van der Waals surface area contributed by atoms with E-state index in [0.29, 0.717) is 5.75 Å². The molecule has 0 unspecified atom stereocenters. The highest BCUT2D eigenvalue weighted by Gasteiger charge is 2.00. The molecule has 0 atom stereocenters. The number of carbonyl (C=O) groups excluding carboxylic acids is 1. The van der Waals surface area contributed by atoms with Gasteiger partial charge in [-0.15, -0.1) is 0 Å². The van der Waals surface area contributed by atoms with Crippen LogP contribution in [0.5, 0.6) is 5.75 Å². The highest BCUT2D eigenvalue weighted by atomic mass is 79.9. The predicted octanol–water partition coefficient (Wildman–Crippen LogP) is 4.38. The Morgan fingerprint density at radius 3 is 2.32 bits per heavy atom. The lowest BCUT2D eigenvalue weighted by Gasteiger charge is -2.00. The Hall–Kier alpha value is -1.87. The van der Waals surface area contributed by atoms with Gasteiger partial charge in [-0.05, 0) is 42.8 Å². The molecule has 2 aromatic carbocycles. The topological polar surface area (TPSA) is 26.3 Å². The number of hydrogen-bond donors (Lipinski definition) is 0. The van der Waals surface area contributed by atoms with Crippen LogP contribution in [0.4, 0.5) is 0 Å². The fraction of sp³-hybridized carbons (Fsp3) is 0.0625. The molecule has 0 amide bonds. The summed E-state index contributed by atoms with van der Waals surface area (Å²) in [5, 5.41) is 0. The number of esters is 1. The third-order valence-corrected chi connectivity index (χ3v) is 3.05. The Bertz CT molecular complexity index is 583. The standard InChI is InChI=1S/C16H13BrO2/c1-12-2-4-13(5-3-12)6-11-16(18)19-15-9-7-14(17)8-10-15/h2-11H,1H3/b11-6+. The number of ether oxygens (including phenoxy) is 1. The molecule has 0 saturated heterocycles. The maximum atomic E-state index is 11.6. The maximum absolute atomic E-state index is 11.6. The van der Waals surface area contributed by atoms with Gasteiger partial charge < -0.3 is 4.74 Å². The molecule has 19 heavy (non-hydrogen) atoms. The summed E-state index contributed by atoms with van der Waals surface area (Å²) in [6.45, 7) is 2.02. The van der Waals surface area contributed by atoms with Crippen LogP contribution in [0.25, 0.3) is 6.08 Å². The van der Waals surface area contributed by atoms with Crippen molar-refractivity contribution in [3.8, 4) is 5.75 Å². The van der Waals surface area contributed by atoms with E-state index < -0.39 is 0 Å². The molecule has 0 fully saturated rings. The zero-order valence-electron chi connectivity index (χ0n) is 10.5. The number of rotatable bonds is 3. The summed E-state index contributed by atoms with van der Waals surface area (Å²) < 4.78 is 6.12. The van der Waals surface area contributed by atoms with Gasteiger partial charge >= 0.3 is 5.97 Å². The Balaban J connectivity index is 1.97. The van der Waals surface area contributed by atoms with Crippen molar-refractivity contribution in [1.82, 2.24) is 0 Å². The van der Waals surface area contributed by atoms with E-state index in [9.17, 15) is 4.79 Å². The Kier molecular flexibility index (Phi) is 4.53. The minimum Gasteiger partial charge on any atom is -0.423 e. The van der Waals surface area contributed by atoms with Gasteiger partial charge in [-0.1, -0.05) is 45.8 Å². The van der Waals surface area contributed by atoms with Crippen molar-refractivity contribution < 1.29 is 9.53 Å². The van der Waals surface area contributed by atoms with Gasteiger partial charge in [0.1, 0.15) is 5.75 Å². The fourth-order valence-corrected chi connectivity index (χ4v) is 1.76. The summed E-state index contributed by atoms with van der Waals surface area (Å²) in [6, 6.07) is 15.0. The van der Waals surface area contributed by atoms with Crippen molar-refractivity contribution in [2.75, 3.05) is 0 Å². The monoisotopic (exact) mass is 316 g/mol. The van der Waals surface area contributed by atoms with E-state index in [1.54, 1.807) is 18.2 Å². The molecular weight excluding hydrogens is 304 g/mol. The molecular formula is C16H13BrO2. The van der Waals surface area contributed by atoms with E-state index in [0.717, 1.165) is 10.0 Å². The SMILES string of the molecule is Cc1ccc(/C=C/C(=O)Oc2ccc(Br)cc2)cc1. The average molecular weight is 317 g/mol. The lowest BCUT2D eigenvalue weighted by molar-refractivity contribution is -0.128. The van der Waals surface area contributed by atoms with Crippen LogP contribution < -0.4 is 4.74 Å².